The maximum absolute atomic E-state index is 4.63. The minimum Gasteiger partial charge on any atom is -0.310 e. The molecular formula is C13H15BrN2S. The Morgan fingerprint density at radius 2 is 2.29 bits per heavy atom. The Kier molecular flexibility index (Phi) is 4.71. The Morgan fingerprint density at radius 1 is 1.41 bits per heavy atom. The van der Waals surface area contributed by atoms with E-state index in [1.807, 2.05) is 12.1 Å². The van der Waals surface area contributed by atoms with Crippen LogP contribution in [0.5, 0.6) is 0 Å². The van der Waals surface area contributed by atoms with Gasteiger partial charge >= 0.3 is 0 Å². The maximum atomic E-state index is 4.63. The average Bonchev–Trinajstić information content (AvgIpc) is 2.78. The van der Waals surface area contributed by atoms with Crippen molar-refractivity contribution in [3.8, 4) is 11.3 Å². The smallest absolute Gasteiger partial charge is 0.107 e. The summed E-state index contributed by atoms with van der Waals surface area (Å²) in [6, 6.07) is 8.24. The third-order valence-corrected chi connectivity index (χ3v) is 3.72. The standard InChI is InChI=1S/C13H15BrN2S/c1-2-6-15-8-13-16-12(9-17-13)10-4-3-5-11(14)7-10/h3-5,7,9,15H,2,6,8H2,1H3. The summed E-state index contributed by atoms with van der Waals surface area (Å²) >= 11 is 5.19. The summed E-state index contributed by atoms with van der Waals surface area (Å²) < 4.78 is 1.09. The molecule has 0 saturated carbocycles. The van der Waals surface area contributed by atoms with Gasteiger partial charge in [0, 0.05) is 22.0 Å². The van der Waals surface area contributed by atoms with Crippen LogP contribution in [0.2, 0.25) is 0 Å². The van der Waals surface area contributed by atoms with Crippen molar-refractivity contribution < 1.29 is 0 Å². The van der Waals surface area contributed by atoms with E-state index in [0.29, 0.717) is 0 Å². The number of rotatable bonds is 5. The van der Waals surface area contributed by atoms with Crippen molar-refractivity contribution in [1.29, 1.82) is 0 Å². The van der Waals surface area contributed by atoms with Crippen molar-refractivity contribution in [1.82, 2.24) is 10.3 Å². The van der Waals surface area contributed by atoms with Crippen molar-refractivity contribution in [2.24, 2.45) is 0 Å². The molecule has 0 atom stereocenters. The normalized spacial score (nSPS) is 10.7. The third-order valence-electron chi connectivity index (χ3n) is 2.38. The van der Waals surface area contributed by atoms with Gasteiger partial charge in [0.1, 0.15) is 5.01 Å². The first kappa shape index (κ1) is 12.7. The van der Waals surface area contributed by atoms with Crippen molar-refractivity contribution in [3.05, 3.63) is 39.1 Å². The lowest BCUT2D eigenvalue weighted by Gasteiger charge is -1.99. The van der Waals surface area contributed by atoms with Crippen LogP contribution in [0.1, 0.15) is 18.4 Å². The van der Waals surface area contributed by atoms with Crippen LogP contribution in [0.15, 0.2) is 34.1 Å². The number of benzene rings is 1. The van der Waals surface area contributed by atoms with E-state index in [0.717, 1.165) is 40.2 Å². The van der Waals surface area contributed by atoms with Gasteiger partial charge in [0.05, 0.1) is 5.69 Å². The molecule has 2 nitrogen and oxygen atoms in total. The van der Waals surface area contributed by atoms with Crippen LogP contribution < -0.4 is 5.32 Å². The summed E-state index contributed by atoms with van der Waals surface area (Å²) in [4.78, 5) is 4.63. The van der Waals surface area contributed by atoms with Gasteiger partial charge in [-0.25, -0.2) is 4.98 Å². The number of halogens is 1. The monoisotopic (exact) mass is 310 g/mol. The molecule has 1 heterocycles. The molecule has 0 bridgehead atoms. The molecule has 0 aliphatic carbocycles. The second-order valence-electron chi connectivity index (χ2n) is 3.81. The van der Waals surface area contributed by atoms with Gasteiger partial charge in [-0.3, -0.25) is 0 Å². The zero-order valence-electron chi connectivity index (χ0n) is 9.74. The molecule has 90 valence electrons. The number of nitrogens with one attached hydrogen (secondary N) is 1. The Hall–Kier alpha value is -0.710. The van der Waals surface area contributed by atoms with Gasteiger partial charge in [-0.1, -0.05) is 35.0 Å². The van der Waals surface area contributed by atoms with Crippen LogP contribution in [0, 0.1) is 0 Å². The first-order valence-electron chi connectivity index (χ1n) is 5.70. The van der Waals surface area contributed by atoms with E-state index in [-0.39, 0.29) is 0 Å². The Morgan fingerprint density at radius 3 is 3.06 bits per heavy atom. The van der Waals surface area contributed by atoms with Crippen LogP contribution in [0.4, 0.5) is 0 Å². The van der Waals surface area contributed by atoms with Crippen molar-refractivity contribution in [2.45, 2.75) is 19.9 Å². The van der Waals surface area contributed by atoms with E-state index < -0.39 is 0 Å². The largest absolute Gasteiger partial charge is 0.310 e. The highest BCUT2D eigenvalue weighted by Gasteiger charge is 2.04. The molecule has 0 radical (unpaired) electrons. The minimum atomic E-state index is 0.868. The first-order chi connectivity index (χ1) is 8.29. The topological polar surface area (TPSA) is 24.9 Å². The molecule has 1 N–H and O–H groups in total. The number of nitrogens with zero attached hydrogens (tertiary/aromatic N) is 1. The average molecular weight is 311 g/mol. The fourth-order valence-corrected chi connectivity index (χ4v) is 2.72. The van der Waals surface area contributed by atoms with Gasteiger partial charge in [0.25, 0.3) is 0 Å². The zero-order valence-corrected chi connectivity index (χ0v) is 12.1. The van der Waals surface area contributed by atoms with Crippen molar-refractivity contribution in [3.63, 3.8) is 0 Å². The van der Waals surface area contributed by atoms with E-state index in [4.69, 9.17) is 0 Å². The molecule has 0 aliphatic rings. The molecule has 2 rings (SSSR count). The summed E-state index contributed by atoms with van der Waals surface area (Å²) in [7, 11) is 0. The molecule has 0 saturated heterocycles. The highest BCUT2D eigenvalue weighted by Crippen LogP contribution is 2.24. The van der Waals surface area contributed by atoms with Gasteiger partial charge < -0.3 is 5.32 Å². The van der Waals surface area contributed by atoms with E-state index in [2.05, 4.69) is 50.7 Å². The lowest BCUT2D eigenvalue weighted by atomic mass is 10.2. The molecule has 2 aromatic rings. The van der Waals surface area contributed by atoms with Crippen molar-refractivity contribution in [2.75, 3.05) is 6.54 Å². The number of hydrogen-bond acceptors (Lipinski definition) is 3. The predicted octanol–water partition coefficient (Wildman–Crippen LogP) is 4.07. The van der Waals surface area contributed by atoms with E-state index in [9.17, 15) is 0 Å². The molecule has 0 amide bonds. The summed E-state index contributed by atoms with van der Waals surface area (Å²) in [5.74, 6) is 0. The van der Waals surface area contributed by atoms with Crippen LogP contribution >= 0.6 is 27.3 Å². The lowest BCUT2D eigenvalue weighted by molar-refractivity contribution is 0.673. The number of thiazole rings is 1. The highest BCUT2D eigenvalue weighted by atomic mass is 79.9. The van der Waals surface area contributed by atoms with E-state index in [1.165, 1.54) is 0 Å². The SMILES string of the molecule is CCCNCc1nc(-c2cccc(Br)c2)cs1. The Labute approximate surface area is 114 Å². The number of hydrogen-bond donors (Lipinski definition) is 1. The molecule has 4 heteroatoms. The third kappa shape index (κ3) is 3.63. The highest BCUT2D eigenvalue weighted by molar-refractivity contribution is 9.10. The van der Waals surface area contributed by atoms with Gasteiger partial charge in [-0.2, -0.15) is 0 Å². The lowest BCUT2D eigenvalue weighted by Crippen LogP contribution is -2.13. The first-order valence-corrected chi connectivity index (χ1v) is 7.38. The van der Waals surface area contributed by atoms with Gasteiger partial charge in [0.15, 0.2) is 0 Å². The van der Waals surface area contributed by atoms with Crippen LogP contribution in [0.25, 0.3) is 11.3 Å². The molecule has 0 aliphatic heterocycles. The molecule has 0 unspecified atom stereocenters. The molecule has 0 spiro atoms. The van der Waals surface area contributed by atoms with Gasteiger partial charge in [-0.15, -0.1) is 11.3 Å². The van der Waals surface area contributed by atoms with Crippen LogP contribution in [-0.4, -0.2) is 11.5 Å². The predicted molar refractivity (Wildman–Crippen MR) is 77.2 cm³/mol. The molecule has 1 aromatic heterocycles. The van der Waals surface area contributed by atoms with E-state index in [1.54, 1.807) is 11.3 Å². The zero-order chi connectivity index (χ0) is 12.1. The molecule has 17 heavy (non-hydrogen) atoms. The molecule has 0 fully saturated rings. The summed E-state index contributed by atoms with van der Waals surface area (Å²) in [5, 5.41) is 6.63. The Balaban J connectivity index is 2.07. The second-order valence-corrected chi connectivity index (χ2v) is 5.67. The maximum Gasteiger partial charge on any atom is 0.107 e. The van der Waals surface area contributed by atoms with Crippen molar-refractivity contribution >= 4 is 27.3 Å². The fraction of sp³-hybridized carbons (Fsp3) is 0.308. The second kappa shape index (κ2) is 6.28. The minimum absolute atomic E-state index is 0.868. The van der Waals surface area contributed by atoms with E-state index >= 15 is 0 Å². The summed E-state index contributed by atoms with van der Waals surface area (Å²) in [6.07, 6.45) is 1.16. The molecular weight excluding hydrogens is 296 g/mol. The Bertz CT molecular complexity index is 482. The van der Waals surface area contributed by atoms with Crippen LogP contribution in [-0.2, 0) is 6.54 Å². The fourth-order valence-electron chi connectivity index (χ4n) is 1.54. The van der Waals surface area contributed by atoms with Gasteiger partial charge in [0.2, 0.25) is 0 Å². The molecule has 1 aromatic carbocycles. The summed E-state index contributed by atoms with van der Waals surface area (Å²) in [5.41, 5.74) is 2.22. The quantitative estimate of drug-likeness (QED) is 0.842. The number of aromatic nitrogens is 1. The summed E-state index contributed by atoms with van der Waals surface area (Å²) in [6.45, 7) is 4.08. The van der Waals surface area contributed by atoms with Gasteiger partial charge in [-0.05, 0) is 25.1 Å². The van der Waals surface area contributed by atoms with Crippen LogP contribution in [0.3, 0.4) is 0 Å².